The molecule has 1 atom stereocenters. The van der Waals surface area contributed by atoms with E-state index in [4.69, 9.17) is 16.3 Å². The van der Waals surface area contributed by atoms with Gasteiger partial charge in [0.2, 0.25) is 0 Å². The molecule has 0 unspecified atom stereocenters. The smallest absolute Gasteiger partial charge is 0.335 e. The van der Waals surface area contributed by atoms with Crippen LogP contribution >= 0.6 is 24.0 Å². The van der Waals surface area contributed by atoms with Crippen LogP contribution in [0.1, 0.15) is 34.5 Å². The largest absolute Gasteiger partial charge is 0.493 e. The molecule has 0 aromatic heterocycles. The van der Waals surface area contributed by atoms with Crippen LogP contribution in [0.4, 0.5) is 0 Å². The molecular formula is C25H27Cl2NO4. The van der Waals surface area contributed by atoms with Crippen LogP contribution in [-0.4, -0.2) is 35.9 Å². The fraction of sp³-hybridized carbons (Fsp3) is 0.240. The molecule has 3 aromatic rings. The van der Waals surface area contributed by atoms with Gasteiger partial charge in [0.1, 0.15) is 5.75 Å². The lowest BCUT2D eigenvalue weighted by molar-refractivity contribution is 0.0696. The Balaban J connectivity index is 0.00000363. The number of aliphatic hydroxyl groups excluding tert-OH is 1. The highest BCUT2D eigenvalue weighted by atomic mass is 35.5. The van der Waals surface area contributed by atoms with Gasteiger partial charge in [-0.15, -0.1) is 12.4 Å². The van der Waals surface area contributed by atoms with E-state index in [0.29, 0.717) is 23.9 Å². The van der Waals surface area contributed by atoms with Crippen molar-refractivity contribution in [1.82, 2.24) is 5.32 Å². The standard InChI is InChI=1S/C25H26ClNO4.ClH/c1-2-31-24-15-20(25(29)30)10-11-22(24)18-8-6-17(7-9-18)12-13-27-16-23(28)19-4-3-5-21(26)14-19;/h3-11,14-15,23,27-28H,2,12-13,16H2,1H3,(H,29,30);1H/t23-;/m0./s1. The average molecular weight is 476 g/mol. The van der Waals surface area contributed by atoms with Gasteiger partial charge in [-0.3, -0.25) is 0 Å². The van der Waals surface area contributed by atoms with Crippen molar-refractivity contribution >= 4 is 30.0 Å². The molecule has 0 aliphatic carbocycles. The van der Waals surface area contributed by atoms with Crippen LogP contribution in [0, 0.1) is 0 Å². The van der Waals surface area contributed by atoms with Gasteiger partial charge in [0.05, 0.1) is 18.3 Å². The maximum atomic E-state index is 11.2. The molecule has 7 heteroatoms. The summed E-state index contributed by atoms with van der Waals surface area (Å²) in [4.78, 5) is 11.2. The molecular weight excluding hydrogens is 449 g/mol. The Hall–Kier alpha value is -2.57. The van der Waals surface area contributed by atoms with E-state index in [1.807, 2.05) is 43.3 Å². The molecule has 0 bridgehead atoms. The summed E-state index contributed by atoms with van der Waals surface area (Å²) in [7, 11) is 0. The van der Waals surface area contributed by atoms with E-state index < -0.39 is 12.1 Å². The molecule has 0 radical (unpaired) electrons. The normalized spacial score (nSPS) is 11.5. The summed E-state index contributed by atoms with van der Waals surface area (Å²) in [6, 6.07) is 20.3. The summed E-state index contributed by atoms with van der Waals surface area (Å²) in [5.41, 5.74) is 3.99. The Morgan fingerprint density at radius 3 is 2.50 bits per heavy atom. The second kappa shape index (κ2) is 12.5. The highest BCUT2D eigenvalue weighted by Crippen LogP contribution is 2.31. The van der Waals surface area contributed by atoms with E-state index in [1.165, 1.54) is 0 Å². The summed E-state index contributed by atoms with van der Waals surface area (Å²) >= 11 is 5.97. The van der Waals surface area contributed by atoms with Gasteiger partial charge in [0, 0.05) is 17.1 Å². The second-order valence-corrected chi connectivity index (χ2v) is 7.61. The maximum Gasteiger partial charge on any atom is 0.335 e. The number of nitrogens with one attached hydrogen (secondary N) is 1. The number of benzene rings is 3. The van der Waals surface area contributed by atoms with Gasteiger partial charge < -0.3 is 20.3 Å². The molecule has 0 heterocycles. The van der Waals surface area contributed by atoms with Crippen molar-refractivity contribution < 1.29 is 19.7 Å². The quantitative estimate of drug-likeness (QED) is 0.342. The minimum absolute atomic E-state index is 0. The van der Waals surface area contributed by atoms with E-state index >= 15 is 0 Å². The van der Waals surface area contributed by atoms with Crippen molar-refractivity contribution in [2.24, 2.45) is 0 Å². The number of hydrogen-bond acceptors (Lipinski definition) is 4. The SMILES string of the molecule is CCOc1cc(C(=O)O)ccc1-c1ccc(CCNC[C@H](O)c2cccc(Cl)c2)cc1.Cl. The number of aromatic carboxylic acids is 1. The number of hydrogen-bond donors (Lipinski definition) is 3. The Kier molecular flexibility index (Phi) is 10.0. The summed E-state index contributed by atoms with van der Waals surface area (Å²) in [5.74, 6) is -0.414. The number of carboxylic acids is 1. The molecule has 3 aromatic carbocycles. The number of ether oxygens (including phenoxy) is 1. The number of carbonyl (C=O) groups is 1. The lowest BCUT2D eigenvalue weighted by Gasteiger charge is -2.13. The molecule has 32 heavy (non-hydrogen) atoms. The zero-order valence-electron chi connectivity index (χ0n) is 17.8. The Bertz CT molecular complexity index is 1020. The van der Waals surface area contributed by atoms with Gasteiger partial charge in [-0.1, -0.05) is 48.0 Å². The van der Waals surface area contributed by atoms with Gasteiger partial charge in [0.15, 0.2) is 0 Å². The van der Waals surface area contributed by atoms with Crippen LogP contribution in [0.5, 0.6) is 5.75 Å². The predicted molar refractivity (Wildman–Crippen MR) is 130 cm³/mol. The first kappa shape index (κ1) is 25.7. The number of aliphatic hydroxyl groups is 1. The van der Waals surface area contributed by atoms with Gasteiger partial charge in [0.25, 0.3) is 0 Å². The fourth-order valence-electron chi connectivity index (χ4n) is 3.32. The summed E-state index contributed by atoms with van der Waals surface area (Å²) in [5, 5.41) is 23.3. The van der Waals surface area contributed by atoms with E-state index in [2.05, 4.69) is 5.32 Å². The van der Waals surface area contributed by atoms with Gasteiger partial charge in [-0.05, 0) is 66.9 Å². The molecule has 170 valence electrons. The van der Waals surface area contributed by atoms with Crippen molar-refractivity contribution in [3.63, 3.8) is 0 Å². The van der Waals surface area contributed by atoms with Gasteiger partial charge >= 0.3 is 5.97 Å². The number of carboxylic acid groups (broad SMARTS) is 1. The molecule has 0 aliphatic rings. The van der Waals surface area contributed by atoms with E-state index in [0.717, 1.165) is 35.2 Å². The Labute approximate surface area is 199 Å². The third-order valence-corrected chi connectivity index (χ3v) is 5.19. The highest BCUT2D eigenvalue weighted by Gasteiger charge is 2.11. The van der Waals surface area contributed by atoms with Crippen LogP contribution in [0.25, 0.3) is 11.1 Å². The van der Waals surface area contributed by atoms with Crippen molar-refractivity contribution in [2.45, 2.75) is 19.4 Å². The molecule has 0 saturated heterocycles. The van der Waals surface area contributed by atoms with Crippen LogP contribution < -0.4 is 10.1 Å². The molecule has 0 aliphatic heterocycles. The minimum atomic E-state index is -0.976. The lowest BCUT2D eigenvalue weighted by Crippen LogP contribution is -2.23. The molecule has 5 nitrogen and oxygen atoms in total. The Morgan fingerprint density at radius 2 is 1.84 bits per heavy atom. The molecule has 0 spiro atoms. The zero-order valence-corrected chi connectivity index (χ0v) is 19.3. The van der Waals surface area contributed by atoms with Crippen LogP contribution in [-0.2, 0) is 6.42 Å². The van der Waals surface area contributed by atoms with Crippen molar-refractivity contribution in [2.75, 3.05) is 19.7 Å². The number of halogens is 2. The molecule has 0 saturated carbocycles. The van der Waals surface area contributed by atoms with E-state index in [1.54, 1.807) is 30.3 Å². The predicted octanol–water partition coefficient (Wildman–Crippen LogP) is 5.39. The molecule has 0 amide bonds. The third kappa shape index (κ3) is 6.97. The summed E-state index contributed by atoms with van der Waals surface area (Å²) in [6.45, 7) is 3.51. The monoisotopic (exact) mass is 475 g/mol. The van der Waals surface area contributed by atoms with Crippen molar-refractivity contribution in [1.29, 1.82) is 0 Å². The molecule has 3 rings (SSSR count). The second-order valence-electron chi connectivity index (χ2n) is 7.17. The zero-order chi connectivity index (χ0) is 22.2. The molecule has 0 fully saturated rings. The number of rotatable bonds is 10. The maximum absolute atomic E-state index is 11.2. The average Bonchev–Trinajstić information content (AvgIpc) is 2.77. The topological polar surface area (TPSA) is 78.8 Å². The van der Waals surface area contributed by atoms with E-state index in [-0.39, 0.29) is 18.0 Å². The summed E-state index contributed by atoms with van der Waals surface area (Å²) in [6.07, 6.45) is 0.213. The molecule has 3 N–H and O–H groups in total. The minimum Gasteiger partial charge on any atom is -0.493 e. The van der Waals surface area contributed by atoms with Crippen molar-refractivity contribution in [3.05, 3.63) is 88.4 Å². The van der Waals surface area contributed by atoms with Gasteiger partial charge in [-0.2, -0.15) is 0 Å². The first-order chi connectivity index (χ1) is 15.0. The van der Waals surface area contributed by atoms with Gasteiger partial charge in [-0.25, -0.2) is 4.79 Å². The lowest BCUT2D eigenvalue weighted by atomic mass is 10.0. The third-order valence-electron chi connectivity index (χ3n) is 4.95. The van der Waals surface area contributed by atoms with Crippen LogP contribution in [0.3, 0.4) is 0 Å². The fourth-order valence-corrected chi connectivity index (χ4v) is 3.52. The van der Waals surface area contributed by atoms with Crippen LogP contribution in [0.15, 0.2) is 66.7 Å². The van der Waals surface area contributed by atoms with Crippen LogP contribution in [0.2, 0.25) is 5.02 Å². The first-order valence-electron chi connectivity index (χ1n) is 10.2. The first-order valence-corrected chi connectivity index (χ1v) is 10.6. The highest BCUT2D eigenvalue weighted by molar-refractivity contribution is 6.30. The van der Waals surface area contributed by atoms with E-state index in [9.17, 15) is 15.0 Å². The Morgan fingerprint density at radius 1 is 1.09 bits per heavy atom. The summed E-state index contributed by atoms with van der Waals surface area (Å²) < 4.78 is 5.65. The van der Waals surface area contributed by atoms with Crippen molar-refractivity contribution in [3.8, 4) is 16.9 Å².